The molecular formula is C42H28N4. The van der Waals surface area contributed by atoms with Gasteiger partial charge in [0, 0.05) is 38.1 Å². The number of fused-ring (bicyclic) bond motifs is 8. The van der Waals surface area contributed by atoms with Gasteiger partial charge in [-0.05, 0) is 29.7 Å². The lowest BCUT2D eigenvalue weighted by Gasteiger charge is -2.14. The molecule has 2 aromatic heterocycles. The van der Waals surface area contributed by atoms with E-state index in [9.17, 15) is 0 Å². The normalized spacial score (nSPS) is 12.1. The number of para-hydroxylation sites is 2. The van der Waals surface area contributed by atoms with Crippen molar-refractivity contribution in [3.63, 3.8) is 0 Å². The van der Waals surface area contributed by atoms with Gasteiger partial charge in [-0.3, -0.25) is 9.98 Å². The molecule has 1 N–H and O–H groups in total. The third-order valence-corrected chi connectivity index (χ3v) is 8.99. The minimum Gasteiger partial charge on any atom is -0.309 e. The van der Waals surface area contributed by atoms with E-state index in [0.29, 0.717) is 0 Å². The Hall–Kier alpha value is -6.26. The van der Waals surface area contributed by atoms with Gasteiger partial charge in [-0.15, -0.1) is 0 Å². The van der Waals surface area contributed by atoms with E-state index in [-0.39, 0.29) is 5.84 Å². The average Bonchev–Trinajstić information content (AvgIpc) is 3.64. The number of rotatable bonds is 3. The van der Waals surface area contributed by atoms with E-state index in [1.807, 2.05) is 48.5 Å². The largest absolute Gasteiger partial charge is 0.309 e. The van der Waals surface area contributed by atoms with Gasteiger partial charge >= 0.3 is 0 Å². The molecule has 0 aliphatic heterocycles. The predicted molar refractivity (Wildman–Crippen MR) is 193 cm³/mol. The molecule has 46 heavy (non-hydrogen) atoms. The summed E-state index contributed by atoms with van der Waals surface area (Å²) < 4.78 is 4.68. The van der Waals surface area contributed by atoms with Crippen LogP contribution in [0.2, 0.25) is 0 Å². The van der Waals surface area contributed by atoms with Crippen molar-refractivity contribution in [2.24, 2.45) is 4.99 Å². The maximum Gasteiger partial charge on any atom is 0.154 e. The maximum atomic E-state index is 9.11. The van der Waals surface area contributed by atoms with Gasteiger partial charge < -0.3 is 4.57 Å². The third-order valence-electron chi connectivity index (χ3n) is 8.99. The molecule has 0 saturated carbocycles. The van der Waals surface area contributed by atoms with Gasteiger partial charge in [0.2, 0.25) is 0 Å². The molecule has 9 aromatic rings. The van der Waals surface area contributed by atoms with Crippen LogP contribution in [-0.4, -0.2) is 20.8 Å². The third kappa shape index (κ3) is 3.94. The topological polar surface area (TPSA) is 46.1 Å². The molecule has 4 heteroatoms. The van der Waals surface area contributed by atoms with E-state index in [1.165, 1.54) is 16.2 Å². The minimum absolute atomic E-state index is 0.218. The van der Waals surface area contributed by atoms with Crippen LogP contribution in [0.5, 0.6) is 0 Å². The predicted octanol–water partition coefficient (Wildman–Crippen LogP) is 10.4. The van der Waals surface area contributed by atoms with E-state index in [4.69, 9.17) is 10.4 Å². The van der Waals surface area contributed by atoms with Crippen LogP contribution < -0.4 is 0 Å². The zero-order valence-electron chi connectivity index (χ0n) is 24.9. The van der Waals surface area contributed by atoms with Crippen molar-refractivity contribution in [3.05, 3.63) is 175 Å². The molecule has 0 fully saturated rings. The molecule has 0 bridgehead atoms. The van der Waals surface area contributed by atoms with E-state index < -0.39 is 0 Å². The molecule has 0 radical (unpaired) electrons. The number of hydrogen-bond donors (Lipinski definition) is 1. The Kier molecular flexibility index (Phi) is 5.93. The van der Waals surface area contributed by atoms with Gasteiger partial charge in [-0.1, -0.05) is 140 Å². The van der Waals surface area contributed by atoms with Crippen molar-refractivity contribution < 1.29 is 0 Å². The number of benzene rings is 7. The van der Waals surface area contributed by atoms with Crippen LogP contribution in [0.3, 0.4) is 0 Å². The van der Waals surface area contributed by atoms with Crippen LogP contribution in [0, 0.1) is 5.41 Å². The molecule has 0 unspecified atom stereocenters. The van der Waals surface area contributed by atoms with E-state index >= 15 is 0 Å². The lowest BCUT2D eigenvalue weighted by Crippen LogP contribution is -2.16. The lowest BCUT2D eigenvalue weighted by molar-refractivity contribution is 1.20. The molecule has 0 atom stereocenters. The van der Waals surface area contributed by atoms with Crippen LogP contribution in [-0.2, 0) is 0 Å². The number of aliphatic imine (C=N–C) groups is 1. The summed E-state index contributed by atoms with van der Waals surface area (Å²) in [6.07, 6.45) is 0. The molecule has 2 heterocycles. The zero-order chi connectivity index (χ0) is 30.6. The fourth-order valence-corrected chi connectivity index (χ4v) is 6.99. The minimum atomic E-state index is 0.218. The molecular weight excluding hydrogens is 560 g/mol. The number of nitrogens with zero attached hydrogens (tertiary/aromatic N) is 3. The molecule has 216 valence electrons. The highest BCUT2D eigenvalue weighted by atomic mass is 15.1. The average molecular weight is 589 g/mol. The summed E-state index contributed by atoms with van der Waals surface area (Å²) >= 11 is 0. The molecule has 0 saturated heterocycles. The van der Waals surface area contributed by atoms with Gasteiger partial charge in [0.25, 0.3) is 0 Å². The summed E-state index contributed by atoms with van der Waals surface area (Å²) in [4.78, 5) is 5.11. The second kappa shape index (κ2) is 10.4. The first kappa shape index (κ1) is 26.2. The van der Waals surface area contributed by atoms with Crippen LogP contribution in [0.4, 0.5) is 0 Å². The smallest absolute Gasteiger partial charge is 0.154 e. The lowest BCUT2D eigenvalue weighted by atomic mass is 10.1. The molecule has 7 aromatic carbocycles. The zero-order valence-corrected chi connectivity index (χ0v) is 24.9. The Morgan fingerprint density at radius 3 is 1.85 bits per heavy atom. The van der Waals surface area contributed by atoms with Crippen molar-refractivity contribution in [1.29, 1.82) is 5.41 Å². The summed E-state index contributed by atoms with van der Waals surface area (Å²) in [5.74, 6) is 0.936. The molecule has 0 amide bonds. The molecule has 4 nitrogen and oxygen atoms in total. The molecule has 0 aliphatic rings. The maximum absolute atomic E-state index is 9.11. The quantitative estimate of drug-likeness (QED) is 0.158. The van der Waals surface area contributed by atoms with E-state index in [2.05, 4.69) is 124 Å². The summed E-state index contributed by atoms with van der Waals surface area (Å²) in [5.41, 5.74) is 7.27. The highest BCUT2D eigenvalue weighted by molar-refractivity contribution is 6.30. The first-order valence-corrected chi connectivity index (χ1v) is 15.5. The van der Waals surface area contributed by atoms with Crippen LogP contribution in [0.15, 0.2) is 169 Å². The van der Waals surface area contributed by atoms with Crippen LogP contribution in [0.1, 0.15) is 11.1 Å². The number of hydrogen-bond acceptors (Lipinski definition) is 1. The highest BCUT2D eigenvalue weighted by Crippen LogP contribution is 2.42. The summed E-state index contributed by atoms with van der Waals surface area (Å²) in [6, 6.07) is 56.9. The fourth-order valence-electron chi connectivity index (χ4n) is 6.99. The van der Waals surface area contributed by atoms with Crippen molar-refractivity contribution in [2.45, 2.75) is 0 Å². The summed E-state index contributed by atoms with van der Waals surface area (Å²) in [7, 11) is 0. The summed E-state index contributed by atoms with van der Waals surface area (Å²) in [5, 5.41) is 16.2. The van der Waals surface area contributed by atoms with Gasteiger partial charge in [-0.2, -0.15) is 0 Å². The first-order chi connectivity index (χ1) is 22.8. The Balaban J connectivity index is 1.46. The summed E-state index contributed by atoms with van der Waals surface area (Å²) in [6.45, 7) is 0. The number of amidine groups is 1. The molecule has 9 rings (SSSR count). The second-order valence-electron chi connectivity index (χ2n) is 11.6. The van der Waals surface area contributed by atoms with Gasteiger partial charge in [0.05, 0.1) is 27.8 Å². The number of nitrogens with one attached hydrogen (secondary N) is 1. The van der Waals surface area contributed by atoms with Gasteiger partial charge in [0.1, 0.15) is 5.84 Å². The van der Waals surface area contributed by atoms with Crippen molar-refractivity contribution in [1.82, 2.24) is 9.13 Å². The SMILES string of the molecule is N=C(N=C(c1ccccc1)n1c2ccccc2c2ccc3c(c4ccccc4n3-c3cccc4ccccc34)c21)c1ccccc1. The number of aromatic nitrogens is 2. The standard InChI is InChI=1S/C42H28N4/c43-41(29-15-3-1-4-16-29)44-42(30-17-5-2-6-18-30)46-36-23-11-9-21-32(36)33-26-27-38-39(40(33)46)34-22-10-12-24-37(34)45(38)35-25-13-19-28-14-7-8-20-31(28)35/h1-27,43H. The Morgan fingerprint density at radius 1 is 0.457 bits per heavy atom. The van der Waals surface area contributed by atoms with Crippen molar-refractivity contribution in [2.75, 3.05) is 0 Å². The van der Waals surface area contributed by atoms with Gasteiger partial charge in [0.15, 0.2) is 5.84 Å². The molecule has 0 aliphatic carbocycles. The first-order valence-electron chi connectivity index (χ1n) is 15.5. The van der Waals surface area contributed by atoms with E-state index in [1.54, 1.807) is 0 Å². The Bertz CT molecular complexity index is 2640. The van der Waals surface area contributed by atoms with E-state index in [0.717, 1.165) is 60.9 Å². The van der Waals surface area contributed by atoms with Crippen molar-refractivity contribution >= 4 is 66.1 Å². The fraction of sp³-hybridized carbons (Fsp3) is 0. The monoisotopic (exact) mass is 588 g/mol. The highest BCUT2D eigenvalue weighted by Gasteiger charge is 2.23. The van der Waals surface area contributed by atoms with Crippen LogP contribution >= 0.6 is 0 Å². The van der Waals surface area contributed by atoms with Crippen molar-refractivity contribution in [3.8, 4) is 5.69 Å². The second-order valence-corrected chi connectivity index (χ2v) is 11.6. The Morgan fingerprint density at radius 2 is 1.07 bits per heavy atom. The Labute approximate surface area is 265 Å². The van der Waals surface area contributed by atoms with Crippen LogP contribution in [0.25, 0.3) is 60.1 Å². The van der Waals surface area contributed by atoms with Gasteiger partial charge in [-0.25, -0.2) is 4.99 Å². The molecule has 0 spiro atoms.